The minimum Gasteiger partial charge on any atom is -0.356 e. The highest BCUT2D eigenvalue weighted by molar-refractivity contribution is 7.10. The van der Waals surface area contributed by atoms with Gasteiger partial charge in [-0.2, -0.15) is 0 Å². The Morgan fingerprint density at radius 3 is 3.14 bits per heavy atom. The average molecular weight is 207 g/mol. The predicted molar refractivity (Wildman–Crippen MR) is 59.1 cm³/mol. The molecule has 0 aliphatic carbocycles. The molecule has 1 aromatic heterocycles. The highest BCUT2D eigenvalue weighted by Crippen LogP contribution is 2.08. The van der Waals surface area contributed by atoms with Crippen molar-refractivity contribution in [2.75, 3.05) is 6.54 Å². The van der Waals surface area contributed by atoms with Crippen LogP contribution >= 0.6 is 11.3 Å². The number of amides is 1. The van der Waals surface area contributed by atoms with Crippen molar-refractivity contribution in [3.63, 3.8) is 0 Å². The molecule has 0 atom stereocenters. The van der Waals surface area contributed by atoms with E-state index in [-0.39, 0.29) is 5.91 Å². The van der Waals surface area contributed by atoms with Crippen LogP contribution in [0.15, 0.2) is 17.5 Å². The van der Waals surface area contributed by atoms with Crippen LogP contribution < -0.4 is 5.32 Å². The fourth-order valence-corrected chi connectivity index (χ4v) is 1.76. The van der Waals surface area contributed by atoms with Crippen LogP contribution in [0.3, 0.4) is 0 Å². The molecule has 0 aromatic carbocycles. The van der Waals surface area contributed by atoms with Crippen molar-refractivity contribution in [1.29, 1.82) is 0 Å². The van der Waals surface area contributed by atoms with Gasteiger partial charge in [-0.3, -0.25) is 4.79 Å². The molecule has 0 unspecified atom stereocenters. The highest BCUT2D eigenvalue weighted by atomic mass is 32.1. The molecule has 1 heterocycles. The van der Waals surface area contributed by atoms with Gasteiger partial charge in [0.05, 0.1) is 6.42 Å². The van der Waals surface area contributed by atoms with E-state index in [0.29, 0.717) is 13.0 Å². The summed E-state index contributed by atoms with van der Waals surface area (Å²) in [6, 6.07) is 3.91. The van der Waals surface area contributed by atoms with Gasteiger partial charge in [0.25, 0.3) is 0 Å². The molecular formula is C11H13NOS. The molecule has 0 radical (unpaired) electrons. The number of hydrogen-bond donors (Lipinski definition) is 1. The Kier molecular flexibility index (Phi) is 4.81. The van der Waals surface area contributed by atoms with Crippen LogP contribution in [0.25, 0.3) is 0 Å². The maximum Gasteiger partial charge on any atom is 0.225 e. The second-order valence-corrected chi connectivity index (χ2v) is 3.95. The summed E-state index contributed by atoms with van der Waals surface area (Å²) in [5.41, 5.74) is 0. The lowest BCUT2D eigenvalue weighted by Crippen LogP contribution is -2.25. The quantitative estimate of drug-likeness (QED) is 0.579. The van der Waals surface area contributed by atoms with Gasteiger partial charge in [-0.1, -0.05) is 6.07 Å². The summed E-state index contributed by atoms with van der Waals surface area (Å²) in [5, 5.41) is 4.80. The van der Waals surface area contributed by atoms with E-state index in [1.807, 2.05) is 17.5 Å². The second kappa shape index (κ2) is 6.22. The second-order valence-electron chi connectivity index (χ2n) is 2.91. The Labute approximate surface area is 88.3 Å². The van der Waals surface area contributed by atoms with Gasteiger partial charge in [0.2, 0.25) is 5.91 Å². The third-order valence-corrected chi connectivity index (χ3v) is 2.61. The first kappa shape index (κ1) is 10.8. The average Bonchev–Trinajstić information content (AvgIpc) is 2.65. The molecule has 1 rings (SSSR count). The van der Waals surface area contributed by atoms with Crippen molar-refractivity contribution in [2.45, 2.75) is 19.3 Å². The number of hydrogen-bond acceptors (Lipinski definition) is 2. The summed E-state index contributed by atoms with van der Waals surface area (Å²) >= 11 is 1.60. The van der Waals surface area contributed by atoms with Crippen LogP contribution in [0.4, 0.5) is 0 Å². The summed E-state index contributed by atoms with van der Waals surface area (Å²) in [6.07, 6.45) is 7.15. The molecule has 1 amide bonds. The van der Waals surface area contributed by atoms with Crippen molar-refractivity contribution in [1.82, 2.24) is 5.32 Å². The molecule has 0 spiro atoms. The minimum absolute atomic E-state index is 0.0736. The molecule has 1 N–H and O–H groups in total. The number of thiophene rings is 1. The standard InChI is InChI=1S/C11H13NOS/c1-2-3-4-7-12-11(13)9-10-6-5-8-14-10/h1,5-6,8H,3-4,7,9H2,(H,12,13). The van der Waals surface area contributed by atoms with Crippen molar-refractivity contribution >= 4 is 17.2 Å². The van der Waals surface area contributed by atoms with E-state index in [9.17, 15) is 4.79 Å². The summed E-state index contributed by atoms with van der Waals surface area (Å²) in [4.78, 5) is 12.4. The first-order valence-corrected chi connectivity index (χ1v) is 5.43. The van der Waals surface area contributed by atoms with E-state index < -0.39 is 0 Å². The lowest BCUT2D eigenvalue weighted by Gasteiger charge is -2.01. The van der Waals surface area contributed by atoms with Crippen LogP contribution in [0, 0.1) is 12.3 Å². The highest BCUT2D eigenvalue weighted by Gasteiger charge is 2.02. The third-order valence-electron chi connectivity index (χ3n) is 1.73. The van der Waals surface area contributed by atoms with Crippen molar-refractivity contribution in [2.24, 2.45) is 0 Å². The zero-order valence-electron chi connectivity index (χ0n) is 7.95. The maximum absolute atomic E-state index is 11.3. The van der Waals surface area contributed by atoms with Crippen LogP contribution in [-0.4, -0.2) is 12.5 Å². The lowest BCUT2D eigenvalue weighted by molar-refractivity contribution is -0.120. The normalized spacial score (nSPS) is 9.36. The fraction of sp³-hybridized carbons (Fsp3) is 0.364. The Balaban J connectivity index is 2.14. The van der Waals surface area contributed by atoms with Gasteiger partial charge in [-0.15, -0.1) is 23.7 Å². The molecule has 0 saturated carbocycles. The molecule has 2 nitrogen and oxygen atoms in total. The van der Waals surface area contributed by atoms with E-state index in [1.165, 1.54) is 0 Å². The fourth-order valence-electron chi connectivity index (χ4n) is 1.05. The van der Waals surface area contributed by atoms with Crippen LogP contribution in [-0.2, 0) is 11.2 Å². The molecule has 0 aliphatic heterocycles. The Morgan fingerprint density at radius 2 is 2.50 bits per heavy atom. The lowest BCUT2D eigenvalue weighted by atomic mass is 10.3. The molecule has 0 saturated heterocycles. The van der Waals surface area contributed by atoms with E-state index in [4.69, 9.17) is 6.42 Å². The summed E-state index contributed by atoms with van der Waals surface area (Å²) in [5.74, 6) is 2.61. The SMILES string of the molecule is C#CCCCNC(=O)Cc1cccs1. The third kappa shape index (κ3) is 4.11. The maximum atomic E-state index is 11.3. The molecule has 74 valence electrons. The largest absolute Gasteiger partial charge is 0.356 e. The summed E-state index contributed by atoms with van der Waals surface area (Å²) < 4.78 is 0. The Morgan fingerprint density at radius 1 is 1.64 bits per heavy atom. The number of rotatable bonds is 5. The summed E-state index contributed by atoms with van der Waals surface area (Å²) in [6.45, 7) is 0.675. The van der Waals surface area contributed by atoms with Gasteiger partial charge in [-0.25, -0.2) is 0 Å². The van der Waals surface area contributed by atoms with Crippen LogP contribution in [0.2, 0.25) is 0 Å². The predicted octanol–water partition coefficient (Wildman–Crippen LogP) is 1.82. The molecular weight excluding hydrogens is 194 g/mol. The zero-order chi connectivity index (χ0) is 10.2. The van der Waals surface area contributed by atoms with Gasteiger partial charge >= 0.3 is 0 Å². The van der Waals surface area contributed by atoms with Gasteiger partial charge in [-0.05, 0) is 17.9 Å². The number of carbonyl (C=O) groups is 1. The number of nitrogens with one attached hydrogen (secondary N) is 1. The molecule has 0 fully saturated rings. The van der Waals surface area contributed by atoms with E-state index in [2.05, 4.69) is 11.2 Å². The monoisotopic (exact) mass is 207 g/mol. The van der Waals surface area contributed by atoms with Crippen molar-refractivity contribution in [3.05, 3.63) is 22.4 Å². The topological polar surface area (TPSA) is 29.1 Å². The van der Waals surface area contributed by atoms with Crippen LogP contribution in [0.5, 0.6) is 0 Å². The zero-order valence-corrected chi connectivity index (χ0v) is 8.77. The van der Waals surface area contributed by atoms with Gasteiger partial charge in [0, 0.05) is 17.8 Å². The molecule has 14 heavy (non-hydrogen) atoms. The minimum atomic E-state index is 0.0736. The molecule has 3 heteroatoms. The van der Waals surface area contributed by atoms with Gasteiger partial charge in [0.1, 0.15) is 0 Å². The Hall–Kier alpha value is -1.27. The Bertz CT molecular complexity index is 311. The number of carbonyl (C=O) groups excluding carboxylic acids is 1. The van der Waals surface area contributed by atoms with Crippen molar-refractivity contribution in [3.8, 4) is 12.3 Å². The summed E-state index contributed by atoms with van der Waals surface area (Å²) in [7, 11) is 0. The van der Waals surface area contributed by atoms with Crippen molar-refractivity contribution < 1.29 is 4.79 Å². The van der Waals surface area contributed by atoms with E-state index >= 15 is 0 Å². The van der Waals surface area contributed by atoms with Gasteiger partial charge < -0.3 is 5.32 Å². The van der Waals surface area contributed by atoms with Gasteiger partial charge in [0.15, 0.2) is 0 Å². The molecule has 1 aromatic rings. The van der Waals surface area contributed by atoms with E-state index in [0.717, 1.165) is 17.7 Å². The number of unbranched alkanes of at least 4 members (excludes halogenated alkanes) is 1. The van der Waals surface area contributed by atoms with E-state index in [1.54, 1.807) is 11.3 Å². The first-order chi connectivity index (χ1) is 6.83. The molecule has 0 aliphatic rings. The first-order valence-electron chi connectivity index (χ1n) is 4.55. The van der Waals surface area contributed by atoms with Crippen LogP contribution in [0.1, 0.15) is 17.7 Å². The smallest absolute Gasteiger partial charge is 0.225 e. The number of terminal acetylenes is 1. The molecule has 0 bridgehead atoms.